The van der Waals surface area contributed by atoms with Gasteiger partial charge < -0.3 is 5.32 Å². The van der Waals surface area contributed by atoms with Crippen molar-refractivity contribution >= 4 is 16.5 Å². The van der Waals surface area contributed by atoms with Gasteiger partial charge >= 0.3 is 0 Å². The first-order valence-electron chi connectivity index (χ1n) is 8.64. The average molecular weight is 277 g/mol. The molecule has 1 heteroatoms. The number of hydrogen-bond acceptors (Lipinski definition) is 1. The summed E-state index contributed by atoms with van der Waals surface area (Å²) < 4.78 is 0. The van der Waals surface area contributed by atoms with Crippen LogP contribution in [0.1, 0.15) is 32.1 Å². The van der Waals surface area contributed by atoms with Crippen LogP contribution >= 0.6 is 0 Å². The SMILES string of the molecule is c1ccc2c(NC3CC4CC3C3CCCC43)cccc2c1. The van der Waals surface area contributed by atoms with E-state index in [-0.39, 0.29) is 0 Å². The molecule has 5 atom stereocenters. The van der Waals surface area contributed by atoms with Crippen LogP contribution in [-0.2, 0) is 0 Å². The van der Waals surface area contributed by atoms with Gasteiger partial charge in [0.1, 0.15) is 0 Å². The predicted octanol–water partition coefficient (Wildman–Crippen LogP) is 5.08. The lowest BCUT2D eigenvalue weighted by atomic mass is 9.79. The highest BCUT2D eigenvalue weighted by Gasteiger charge is 2.53. The molecular formula is C20H23N. The molecule has 3 aliphatic carbocycles. The van der Waals surface area contributed by atoms with E-state index in [2.05, 4.69) is 47.8 Å². The minimum Gasteiger partial charge on any atom is -0.382 e. The molecule has 0 aliphatic heterocycles. The van der Waals surface area contributed by atoms with Crippen molar-refractivity contribution in [3.8, 4) is 0 Å². The van der Waals surface area contributed by atoms with Gasteiger partial charge in [-0.05, 0) is 60.8 Å². The summed E-state index contributed by atoms with van der Waals surface area (Å²) in [6.45, 7) is 0. The molecule has 3 aliphatic rings. The summed E-state index contributed by atoms with van der Waals surface area (Å²) in [5.41, 5.74) is 1.35. The maximum Gasteiger partial charge on any atom is 0.0422 e. The zero-order valence-corrected chi connectivity index (χ0v) is 12.5. The fraction of sp³-hybridized carbons (Fsp3) is 0.500. The maximum atomic E-state index is 3.93. The molecule has 5 unspecified atom stereocenters. The highest BCUT2D eigenvalue weighted by atomic mass is 15.0. The average Bonchev–Trinajstić information content (AvgIpc) is 3.20. The zero-order valence-electron chi connectivity index (χ0n) is 12.5. The van der Waals surface area contributed by atoms with E-state index in [1.807, 2.05) is 0 Å². The molecule has 2 aromatic rings. The van der Waals surface area contributed by atoms with Crippen molar-refractivity contribution in [2.75, 3.05) is 5.32 Å². The quantitative estimate of drug-likeness (QED) is 0.807. The Kier molecular flexibility index (Phi) is 2.59. The van der Waals surface area contributed by atoms with E-state index in [9.17, 15) is 0 Å². The van der Waals surface area contributed by atoms with Gasteiger partial charge in [-0.1, -0.05) is 42.8 Å². The Morgan fingerprint density at radius 3 is 2.67 bits per heavy atom. The van der Waals surface area contributed by atoms with Crippen LogP contribution in [0.4, 0.5) is 5.69 Å². The number of fused-ring (bicyclic) bond motifs is 6. The lowest BCUT2D eigenvalue weighted by molar-refractivity contribution is 0.243. The molecule has 2 bridgehead atoms. The molecule has 0 amide bonds. The van der Waals surface area contributed by atoms with Crippen LogP contribution in [0.15, 0.2) is 42.5 Å². The van der Waals surface area contributed by atoms with Gasteiger partial charge in [0.25, 0.3) is 0 Å². The lowest BCUT2D eigenvalue weighted by Gasteiger charge is -2.33. The Morgan fingerprint density at radius 2 is 1.67 bits per heavy atom. The van der Waals surface area contributed by atoms with Gasteiger partial charge in [-0.3, -0.25) is 0 Å². The molecule has 0 saturated heterocycles. The first kappa shape index (κ1) is 12.1. The van der Waals surface area contributed by atoms with Crippen LogP contribution < -0.4 is 5.32 Å². The zero-order chi connectivity index (χ0) is 13.8. The standard InChI is InChI=1S/C20H23N/c1-2-7-16-13(5-1)6-3-10-19(16)21-20-12-14-11-18(20)17-9-4-8-15(14)17/h1-3,5-7,10,14-15,17-18,20-21H,4,8-9,11-12H2. The largest absolute Gasteiger partial charge is 0.382 e. The fourth-order valence-electron chi connectivity index (χ4n) is 5.79. The molecule has 3 saturated carbocycles. The number of anilines is 1. The second-order valence-electron chi connectivity index (χ2n) is 7.43. The number of rotatable bonds is 2. The van der Waals surface area contributed by atoms with E-state index >= 15 is 0 Å². The Morgan fingerprint density at radius 1 is 0.810 bits per heavy atom. The van der Waals surface area contributed by atoms with Gasteiger partial charge in [-0.25, -0.2) is 0 Å². The Bertz CT molecular complexity index is 671. The van der Waals surface area contributed by atoms with Gasteiger partial charge in [0.2, 0.25) is 0 Å². The van der Waals surface area contributed by atoms with Crippen LogP contribution in [0.25, 0.3) is 10.8 Å². The van der Waals surface area contributed by atoms with Crippen LogP contribution in [0.2, 0.25) is 0 Å². The molecule has 0 radical (unpaired) electrons. The molecule has 0 spiro atoms. The molecule has 108 valence electrons. The van der Waals surface area contributed by atoms with Crippen molar-refractivity contribution in [3.05, 3.63) is 42.5 Å². The monoisotopic (exact) mass is 277 g/mol. The highest BCUT2D eigenvalue weighted by molar-refractivity contribution is 5.93. The molecule has 2 aromatic carbocycles. The van der Waals surface area contributed by atoms with Gasteiger partial charge in [-0.15, -0.1) is 0 Å². The topological polar surface area (TPSA) is 12.0 Å². The molecule has 1 nitrogen and oxygen atoms in total. The van der Waals surface area contributed by atoms with Gasteiger partial charge in [-0.2, -0.15) is 0 Å². The minimum absolute atomic E-state index is 0.722. The van der Waals surface area contributed by atoms with Gasteiger partial charge in [0.05, 0.1) is 0 Å². The maximum absolute atomic E-state index is 3.93. The molecule has 1 N–H and O–H groups in total. The molecule has 0 heterocycles. The molecule has 3 fully saturated rings. The van der Waals surface area contributed by atoms with Crippen LogP contribution in [0, 0.1) is 23.7 Å². The van der Waals surface area contributed by atoms with Gasteiger partial charge in [0.15, 0.2) is 0 Å². The van der Waals surface area contributed by atoms with E-state index in [1.165, 1.54) is 48.6 Å². The summed E-state index contributed by atoms with van der Waals surface area (Å²) in [6.07, 6.45) is 7.42. The normalized spacial score (nSPS) is 37.0. The first-order chi connectivity index (χ1) is 10.4. The van der Waals surface area contributed by atoms with E-state index in [4.69, 9.17) is 0 Å². The van der Waals surface area contributed by atoms with Crippen molar-refractivity contribution in [2.24, 2.45) is 23.7 Å². The summed E-state index contributed by atoms with van der Waals surface area (Å²) in [5, 5.41) is 6.66. The third kappa shape index (κ3) is 1.76. The summed E-state index contributed by atoms with van der Waals surface area (Å²) in [4.78, 5) is 0. The first-order valence-corrected chi connectivity index (χ1v) is 8.64. The summed E-state index contributed by atoms with van der Waals surface area (Å²) >= 11 is 0. The van der Waals surface area contributed by atoms with E-state index in [1.54, 1.807) is 0 Å². The number of nitrogens with one attached hydrogen (secondary N) is 1. The van der Waals surface area contributed by atoms with Crippen molar-refractivity contribution < 1.29 is 0 Å². The number of hydrogen-bond donors (Lipinski definition) is 1. The predicted molar refractivity (Wildman–Crippen MR) is 88.4 cm³/mol. The van der Waals surface area contributed by atoms with Crippen molar-refractivity contribution in [2.45, 2.75) is 38.1 Å². The minimum atomic E-state index is 0.722. The Labute approximate surface area is 126 Å². The Hall–Kier alpha value is -1.50. The summed E-state index contributed by atoms with van der Waals surface area (Å²) in [7, 11) is 0. The van der Waals surface area contributed by atoms with Crippen molar-refractivity contribution in [3.63, 3.8) is 0 Å². The Balaban J connectivity index is 1.45. The highest BCUT2D eigenvalue weighted by Crippen LogP contribution is 2.59. The third-order valence-electron chi connectivity index (χ3n) is 6.56. The molecule has 0 aromatic heterocycles. The smallest absolute Gasteiger partial charge is 0.0422 e. The number of benzene rings is 2. The third-order valence-corrected chi connectivity index (χ3v) is 6.56. The summed E-state index contributed by atoms with van der Waals surface area (Å²) in [5.74, 6) is 4.09. The summed E-state index contributed by atoms with van der Waals surface area (Å²) in [6, 6.07) is 16.1. The van der Waals surface area contributed by atoms with Crippen LogP contribution in [0.3, 0.4) is 0 Å². The van der Waals surface area contributed by atoms with Crippen LogP contribution in [0.5, 0.6) is 0 Å². The van der Waals surface area contributed by atoms with Crippen molar-refractivity contribution in [1.29, 1.82) is 0 Å². The molecular weight excluding hydrogens is 254 g/mol. The molecule has 21 heavy (non-hydrogen) atoms. The lowest BCUT2D eigenvalue weighted by Crippen LogP contribution is -2.33. The van der Waals surface area contributed by atoms with Crippen LogP contribution in [-0.4, -0.2) is 6.04 Å². The van der Waals surface area contributed by atoms with E-state index in [0.717, 1.165) is 29.7 Å². The van der Waals surface area contributed by atoms with E-state index < -0.39 is 0 Å². The van der Waals surface area contributed by atoms with E-state index in [0.29, 0.717) is 0 Å². The van der Waals surface area contributed by atoms with Gasteiger partial charge in [0, 0.05) is 17.1 Å². The van der Waals surface area contributed by atoms with Crippen molar-refractivity contribution in [1.82, 2.24) is 0 Å². The fourth-order valence-corrected chi connectivity index (χ4v) is 5.79. The molecule has 5 rings (SSSR count). The second kappa shape index (κ2) is 4.50. The second-order valence-corrected chi connectivity index (χ2v) is 7.43.